The molecule has 0 saturated heterocycles. The third-order valence-electron chi connectivity index (χ3n) is 1.51. The molecule has 0 radical (unpaired) electrons. The number of carboxylic acid groups (broad SMARTS) is 1. The first-order valence-electron chi connectivity index (χ1n) is 9.50. The van der Waals surface area contributed by atoms with Crippen LogP contribution in [0.5, 0.6) is 0 Å². The van der Waals surface area contributed by atoms with E-state index in [1.165, 1.54) is 0 Å². The minimum atomic E-state index is -3.86. The molecule has 0 rings (SSSR count). The van der Waals surface area contributed by atoms with Crippen LogP contribution in [0, 0.1) is 11.8 Å². The van der Waals surface area contributed by atoms with Gasteiger partial charge >= 0.3 is 17.9 Å². The summed E-state index contributed by atoms with van der Waals surface area (Å²) in [6.07, 6.45) is -1.25. The SMILES string of the molecule is [2H]C([2H])([2H])C(OC(=O)C#CCOC(=O)C(=O)CCC(=O)O)(C([2H])([2H])[2H])C([2H])([2H])[2H]. The molecule has 0 unspecified atom stereocenters. The molecule has 20 heavy (non-hydrogen) atoms. The van der Waals surface area contributed by atoms with Crippen LogP contribution in [0.3, 0.4) is 0 Å². The Morgan fingerprint density at radius 3 is 2.40 bits per heavy atom. The Balaban J connectivity index is 5.26. The number of carbonyl (C=O) groups is 4. The number of Topliss-reactive ketones (excluding diaryl/α,β-unsaturated/α-hetero) is 1. The average molecular weight is 293 g/mol. The molecule has 0 aliphatic rings. The van der Waals surface area contributed by atoms with Crippen LogP contribution in [-0.4, -0.2) is 41.0 Å². The molecule has 0 fully saturated rings. The van der Waals surface area contributed by atoms with Gasteiger partial charge in [0.25, 0.3) is 0 Å². The van der Waals surface area contributed by atoms with Gasteiger partial charge in [0.1, 0.15) is 5.60 Å². The zero-order valence-electron chi connectivity index (χ0n) is 19.0. The summed E-state index contributed by atoms with van der Waals surface area (Å²) in [7, 11) is 0. The van der Waals surface area contributed by atoms with E-state index in [-0.39, 0.29) is 0 Å². The number of ketones is 1. The number of ether oxygens (including phenoxy) is 2. The molecule has 0 aromatic carbocycles. The molecule has 0 aromatic heterocycles. The fourth-order valence-electron chi connectivity index (χ4n) is 0.777. The molecule has 7 nitrogen and oxygen atoms in total. The number of hydrogen-bond acceptors (Lipinski definition) is 6. The average Bonchev–Trinajstić information content (AvgIpc) is 2.50. The number of carboxylic acids is 1. The van der Waals surface area contributed by atoms with Gasteiger partial charge in [0.15, 0.2) is 6.61 Å². The highest BCUT2D eigenvalue weighted by atomic mass is 16.6. The highest BCUT2D eigenvalue weighted by molar-refractivity contribution is 6.33. The number of aliphatic carboxylic acids is 1. The molecule has 1 N–H and O–H groups in total. The van der Waals surface area contributed by atoms with Crippen LogP contribution in [0.15, 0.2) is 0 Å². The summed E-state index contributed by atoms with van der Waals surface area (Å²) in [5, 5.41) is 8.39. The van der Waals surface area contributed by atoms with Crippen LogP contribution >= 0.6 is 0 Å². The first-order chi connectivity index (χ1) is 12.9. The van der Waals surface area contributed by atoms with Crippen LogP contribution in [0.4, 0.5) is 0 Å². The van der Waals surface area contributed by atoms with Gasteiger partial charge in [-0.05, 0) is 26.5 Å². The van der Waals surface area contributed by atoms with Crippen molar-refractivity contribution < 1.29 is 46.1 Å². The van der Waals surface area contributed by atoms with Crippen LogP contribution in [0.1, 0.15) is 45.7 Å². The van der Waals surface area contributed by atoms with E-state index >= 15 is 0 Å². The van der Waals surface area contributed by atoms with Gasteiger partial charge in [-0.3, -0.25) is 9.59 Å². The Labute approximate surface area is 128 Å². The summed E-state index contributed by atoms with van der Waals surface area (Å²) in [6.45, 7) is -12.2. The van der Waals surface area contributed by atoms with Crippen molar-refractivity contribution in [2.75, 3.05) is 6.61 Å². The molecule has 0 amide bonds. The fourth-order valence-corrected chi connectivity index (χ4v) is 0.777. The summed E-state index contributed by atoms with van der Waals surface area (Å²) in [4.78, 5) is 44.5. The van der Waals surface area contributed by atoms with Gasteiger partial charge in [0.2, 0.25) is 5.78 Å². The van der Waals surface area contributed by atoms with E-state index in [4.69, 9.17) is 17.4 Å². The maximum Gasteiger partial charge on any atom is 0.384 e. The molecule has 0 bridgehead atoms. The first-order valence-corrected chi connectivity index (χ1v) is 5.00. The lowest BCUT2D eigenvalue weighted by molar-refractivity contribution is -0.153. The normalized spacial score (nSPS) is 18.5. The Hall–Kier alpha value is -2.36. The molecule has 0 saturated carbocycles. The third kappa shape index (κ3) is 9.65. The van der Waals surface area contributed by atoms with Crippen molar-refractivity contribution in [1.82, 2.24) is 0 Å². The number of esters is 2. The van der Waals surface area contributed by atoms with E-state index in [2.05, 4.69) is 9.47 Å². The summed E-state index contributed by atoms with van der Waals surface area (Å²) in [5.41, 5.74) is -3.86. The molecule has 0 aromatic rings. The molecule has 0 spiro atoms. The van der Waals surface area contributed by atoms with Gasteiger partial charge in [-0.1, -0.05) is 0 Å². The highest BCUT2D eigenvalue weighted by Crippen LogP contribution is 2.05. The summed E-state index contributed by atoms with van der Waals surface area (Å²) < 4.78 is 74.0. The molecule has 110 valence electrons. The van der Waals surface area contributed by atoms with Crippen molar-refractivity contribution in [2.45, 2.75) is 39.0 Å². The predicted octanol–water partition coefficient (Wildman–Crippen LogP) is 0.309. The van der Waals surface area contributed by atoms with E-state index in [0.717, 1.165) is 0 Å². The van der Waals surface area contributed by atoms with E-state index in [1.807, 2.05) is 5.92 Å². The molecule has 7 heteroatoms. The predicted molar refractivity (Wildman–Crippen MR) is 66.5 cm³/mol. The maximum absolute atomic E-state index is 11.7. The van der Waals surface area contributed by atoms with E-state index in [9.17, 15) is 19.2 Å². The zero-order valence-corrected chi connectivity index (χ0v) is 10.0. The molecule has 0 atom stereocenters. The molecular formula is C13H16O7. The van der Waals surface area contributed by atoms with Crippen molar-refractivity contribution in [2.24, 2.45) is 0 Å². The van der Waals surface area contributed by atoms with Crippen LogP contribution in [0.2, 0.25) is 0 Å². The summed E-state index contributed by atoms with van der Waals surface area (Å²) in [6, 6.07) is 0. The van der Waals surface area contributed by atoms with Gasteiger partial charge in [0.05, 0.1) is 6.42 Å². The smallest absolute Gasteiger partial charge is 0.384 e. The van der Waals surface area contributed by atoms with Gasteiger partial charge in [-0.2, -0.15) is 0 Å². The topological polar surface area (TPSA) is 107 Å². The largest absolute Gasteiger partial charge is 0.481 e. The second kappa shape index (κ2) is 7.94. The van der Waals surface area contributed by atoms with Crippen LogP contribution < -0.4 is 0 Å². The minimum Gasteiger partial charge on any atom is -0.481 e. The van der Waals surface area contributed by atoms with Gasteiger partial charge < -0.3 is 14.6 Å². The maximum atomic E-state index is 11.7. The molecule has 0 heterocycles. The standard InChI is InChI=1S/C13H16O7/c1-13(2,3)20-11(17)5-4-8-19-12(18)9(14)6-7-10(15)16/h6-8H2,1-3H3,(H,15,16)/i1D3,2D3,3D3. The van der Waals surface area contributed by atoms with Crippen molar-refractivity contribution in [3.05, 3.63) is 0 Å². The van der Waals surface area contributed by atoms with Crippen LogP contribution in [0.25, 0.3) is 0 Å². The monoisotopic (exact) mass is 293 g/mol. The fraction of sp³-hybridized carbons (Fsp3) is 0.538. The van der Waals surface area contributed by atoms with Gasteiger partial charge in [-0.25, -0.2) is 9.59 Å². The Morgan fingerprint density at radius 1 is 1.20 bits per heavy atom. The summed E-state index contributed by atoms with van der Waals surface area (Å²) >= 11 is 0. The van der Waals surface area contributed by atoms with Gasteiger partial charge in [0, 0.05) is 24.7 Å². The number of carbonyl (C=O) groups excluding carboxylic acids is 3. The summed E-state index contributed by atoms with van der Waals surface area (Å²) in [5.74, 6) is -2.40. The molecule has 0 aliphatic carbocycles. The lowest BCUT2D eigenvalue weighted by Crippen LogP contribution is -2.23. The van der Waals surface area contributed by atoms with E-state index in [1.54, 1.807) is 5.92 Å². The third-order valence-corrected chi connectivity index (χ3v) is 1.51. The second-order valence-corrected chi connectivity index (χ2v) is 3.27. The van der Waals surface area contributed by atoms with Crippen LogP contribution in [-0.2, 0) is 28.7 Å². The quantitative estimate of drug-likeness (QED) is 0.336. The highest BCUT2D eigenvalue weighted by Gasteiger charge is 2.16. The van der Waals surface area contributed by atoms with Crippen molar-refractivity contribution in [3.8, 4) is 11.8 Å². The van der Waals surface area contributed by atoms with E-state index in [0.29, 0.717) is 0 Å². The zero-order chi connectivity index (χ0) is 23.3. The lowest BCUT2D eigenvalue weighted by Gasteiger charge is -2.16. The lowest BCUT2D eigenvalue weighted by atomic mass is 10.2. The molecular weight excluding hydrogens is 268 g/mol. The molecule has 0 aliphatic heterocycles. The Kier molecular flexibility index (Phi) is 2.95. The Morgan fingerprint density at radius 2 is 1.85 bits per heavy atom. The van der Waals surface area contributed by atoms with E-state index < -0.39 is 69.3 Å². The Bertz CT molecular complexity index is 686. The minimum absolute atomic E-state index is 0.618. The number of rotatable bonds is 5. The second-order valence-electron chi connectivity index (χ2n) is 3.27. The van der Waals surface area contributed by atoms with Gasteiger partial charge in [-0.15, -0.1) is 0 Å². The number of hydrogen-bond donors (Lipinski definition) is 1. The van der Waals surface area contributed by atoms with Crippen molar-refractivity contribution in [1.29, 1.82) is 0 Å². The first kappa shape index (κ1) is 7.43. The van der Waals surface area contributed by atoms with Crippen molar-refractivity contribution >= 4 is 23.7 Å². The van der Waals surface area contributed by atoms with Crippen molar-refractivity contribution in [3.63, 3.8) is 0 Å².